The summed E-state index contributed by atoms with van der Waals surface area (Å²) in [6.07, 6.45) is 2.47. The highest BCUT2D eigenvalue weighted by atomic mass is 79.9. The Morgan fingerprint density at radius 3 is 2.85 bits per heavy atom. The predicted octanol–water partition coefficient (Wildman–Crippen LogP) is 2.67. The van der Waals surface area contributed by atoms with Gasteiger partial charge in [-0.3, -0.25) is 4.90 Å². The van der Waals surface area contributed by atoms with Gasteiger partial charge in [0.1, 0.15) is 0 Å². The SMILES string of the molecule is CN(C)C1CCCN(Cc2ccc(C(=O)O)cc2Br)C1. The van der Waals surface area contributed by atoms with E-state index in [0.29, 0.717) is 11.6 Å². The summed E-state index contributed by atoms with van der Waals surface area (Å²) >= 11 is 3.49. The Balaban J connectivity index is 2.04. The lowest BCUT2D eigenvalue weighted by molar-refractivity contribution is 0.0696. The van der Waals surface area contributed by atoms with Gasteiger partial charge in [-0.25, -0.2) is 4.79 Å². The maximum Gasteiger partial charge on any atom is 0.335 e. The van der Waals surface area contributed by atoms with Crippen LogP contribution in [0.1, 0.15) is 28.8 Å². The lowest BCUT2D eigenvalue weighted by Crippen LogP contribution is -2.44. The summed E-state index contributed by atoms with van der Waals surface area (Å²) in [6, 6.07) is 5.88. The van der Waals surface area contributed by atoms with Crippen LogP contribution in [0.4, 0.5) is 0 Å². The van der Waals surface area contributed by atoms with Crippen LogP contribution < -0.4 is 0 Å². The molecule has 4 nitrogen and oxygen atoms in total. The van der Waals surface area contributed by atoms with Crippen LogP contribution in [0, 0.1) is 0 Å². The monoisotopic (exact) mass is 340 g/mol. The smallest absolute Gasteiger partial charge is 0.335 e. The molecule has 5 heteroatoms. The topological polar surface area (TPSA) is 43.8 Å². The second kappa shape index (κ2) is 6.70. The zero-order chi connectivity index (χ0) is 14.7. The highest BCUT2D eigenvalue weighted by Gasteiger charge is 2.21. The Labute approximate surface area is 128 Å². The predicted molar refractivity (Wildman–Crippen MR) is 83.1 cm³/mol. The van der Waals surface area contributed by atoms with Crippen LogP contribution in [-0.2, 0) is 6.54 Å². The van der Waals surface area contributed by atoms with Gasteiger partial charge in [-0.15, -0.1) is 0 Å². The summed E-state index contributed by atoms with van der Waals surface area (Å²) in [6.45, 7) is 3.04. The van der Waals surface area contributed by atoms with Gasteiger partial charge >= 0.3 is 5.97 Å². The molecule has 0 saturated carbocycles. The van der Waals surface area contributed by atoms with E-state index in [2.05, 4.69) is 39.8 Å². The molecule has 1 heterocycles. The maximum absolute atomic E-state index is 10.9. The Morgan fingerprint density at radius 2 is 2.25 bits per heavy atom. The van der Waals surface area contributed by atoms with Crippen molar-refractivity contribution in [1.82, 2.24) is 9.80 Å². The molecule has 2 rings (SSSR count). The van der Waals surface area contributed by atoms with E-state index >= 15 is 0 Å². The van der Waals surface area contributed by atoms with Gasteiger partial charge < -0.3 is 10.0 Å². The van der Waals surface area contributed by atoms with Gasteiger partial charge in [0.25, 0.3) is 0 Å². The molecule has 0 radical (unpaired) electrons. The normalized spacial score (nSPS) is 20.3. The molecule has 1 aromatic rings. The number of carboxylic acids is 1. The van der Waals surface area contributed by atoms with Gasteiger partial charge in [0.05, 0.1) is 5.56 Å². The summed E-state index contributed by atoms with van der Waals surface area (Å²) < 4.78 is 0.879. The molecule has 0 spiro atoms. The van der Waals surface area contributed by atoms with Crippen molar-refractivity contribution >= 4 is 21.9 Å². The Hall–Kier alpha value is -0.910. The van der Waals surface area contributed by atoms with E-state index in [-0.39, 0.29) is 0 Å². The highest BCUT2D eigenvalue weighted by molar-refractivity contribution is 9.10. The minimum Gasteiger partial charge on any atom is -0.478 e. The first-order valence-corrected chi connectivity index (χ1v) is 7.67. The van der Waals surface area contributed by atoms with Crippen molar-refractivity contribution in [1.29, 1.82) is 0 Å². The minimum absolute atomic E-state index is 0.324. The first-order valence-electron chi connectivity index (χ1n) is 6.88. The third-order valence-electron chi connectivity index (χ3n) is 3.90. The fraction of sp³-hybridized carbons (Fsp3) is 0.533. The van der Waals surface area contributed by atoms with E-state index in [0.717, 1.165) is 29.7 Å². The molecule has 0 amide bonds. The van der Waals surface area contributed by atoms with E-state index in [1.54, 1.807) is 12.1 Å². The summed E-state index contributed by atoms with van der Waals surface area (Å²) in [5, 5.41) is 8.98. The molecular weight excluding hydrogens is 320 g/mol. The van der Waals surface area contributed by atoms with Crippen LogP contribution in [-0.4, -0.2) is 54.1 Å². The van der Waals surface area contributed by atoms with Gasteiger partial charge in [0.15, 0.2) is 0 Å². The molecule has 1 aromatic carbocycles. The number of likely N-dealkylation sites (tertiary alicyclic amines) is 1. The van der Waals surface area contributed by atoms with Crippen molar-refractivity contribution in [2.75, 3.05) is 27.2 Å². The molecule has 0 aliphatic carbocycles. The van der Waals surface area contributed by atoms with E-state index in [1.807, 2.05) is 6.07 Å². The second-order valence-electron chi connectivity index (χ2n) is 5.61. The molecule has 1 N–H and O–H groups in total. The van der Waals surface area contributed by atoms with Crippen molar-refractivity contribution in [3.8, 4) is 0 Å². The second-order valence-corrected chi connectivity index (χ2v) is 6.46. The zero-order valence-corrected chi connectivity index (χ0v) is 13.6. The lowest BCUT2D eigenvalue weighted by Gasteiger charge is -2.36. The molecule has 0 bridgehead atoms. The van der Waals surface area contributed by atoms with Crippen molar-refractivity contribution in [3.05, 3.63) is 33.8 Å². The fourth-order valence-corrected chi connectivity index (χ4v) is 3.15. The number of piperidine rings is 1. The largest absolute Gasteiger partial charge is 0.478 e. The third-order valence-corrected chi connectivity index (χ3v) is 4.64. The summed E-state index contributed by atoms with van der Waals surface area (Å²) in [7, 11) is 4.26. The molecule has 1 fully saturated rings. The van der Waals surface area contributed by atoms with E-state index in [1.165, 1.54) is 12.8 Å². The minimum atomic E-state index is -0.886. The van der Waals surface area contributed by atoms with Gasteiger partial charge in [0.2, 0.25) is 0 Å². The number of benzene rings is 1. The quantitative estimate of drug-likeness (QED) is 0.915. The average molecular weight is 341 g/mol. The van der Waals surface area contributed by atoms with Crippen LogP contribution in [0.3, 0.4) is 0 Å². The number of hydrogen-bond acceptors (Lipinski definition) is 3. The molecule has 110 valence electrons. The van der Waals surface area contributed by atoms with Crippen LogP contribution in [0.2, 0.25) is 0 Å². The number of likely N-dealkylation sites (N-methyl/N-ethyl adjacent to an activating group) is 1. The first-order chi connectivity index (χ1) is 9.47. The van der Waals surface area contributed by atoms with E-state index in [9.17, 15) is 4.79 Å². The fourth-order valence-electron chi connectivity index (χ4n) is 2.65. The molecule has 1 atom stereocenters. The van der Waals surface area contributed by atoms with Crippen LogP contribution >= 0.6 is 15.9 Å². The number of hydrogen-bond donors (Lipinski definition) is 1. The maximum atomic E-state index is 10.9. The standard InChI is InChI=1S/C15H21BrN2O2/c1-17(2)13-4-3-7-18(10-13)9-12-6-5-11(15(19)20)8-14(12)16/h5-6,8,13H,3-4,7,9-10H2,1-2H3,(H,19,20). The molecule has 0 aromatic heterocycles. The van der Waals surface area contributed by atoms with Gasteiger partial charge in [-0.05, 0) is 51.2 Å². The van der Waals surface area contributed by atoms with Gasteiger partial charge in [-0.2, -0.15) is 0 Å². The van der Waals surface area contributed by atoms with Crippen LogP contribution in [0.5, 0.6) is 0 Å². The van der Waals surface area contributed by atoms with Crippen molar-refractivity contribution < 1.29 is 9.90 Å². The summed E-state index contributed by atoms with van der Waals surface area (Å²) in [4.78, 5) is 15.7. The third kappa shape index (κ3) is 3.81. The van der Waals surface area contributed by atoms with E-state index in [4.69, 9.17) is 5.11 Å². The molecule has 1 unspecified atom stereocenters. The summed E-state index contributed by atoms with van der Waals surface area (Å²) in [5.74, 6) is -0.886. The Morgan fingerprint density at radius 1 is 1.50 bits per heavy atom. The Kier molecular flexibility index (Phi) is 5.18. The highest BCUT2D eigenvalue weighted by Crippen LogP contribution is 2.23. The number of halogens is 1. The first kappa shape index (κ1) is 15.5. The molecule has 1 aliphatic heterocycles. The lowest BCUT2D eigenvalue weighted by atomic mass is 10.0. The van der Waals surface area contributed by atoms with Crippen molar-refractivity contribution in [2.24, 2.45) is 0 Å². The van der Waals surface area contributed by atoms with Crippen LogP contribution in [0.25, 0.3) is 0 Å². The van der Waals surface area contributed by atoms with Crippen molar-refractivity contribution in [2.45, 2.75) is 25.4 Å². The number of aromatic carboxylic acids is 1. The van der Waals surface area contributed by atoms with Gasteiger partial charge in [-0.1, -0.05) is 22.0 Å². The van der Waals surface area contributed by atoms with Gasteiger partial charge in [0, 0.05) is 23.6 Å². The molecule has 1 saturated heterocycles. The Bertz CT molecular complexity index is 491. The number of nitrogens with zero attached hydrogens (tertiary/aromatic N) is 2. The zero-order valence-electron chi connectivity index (χ0n) is 12.0. The number of carbonyl (C=O) groups is 1. The van der Waals surface area contributed by atoms with Crippen LogP contribution in [0.15, 0.2) is 22.7 Å². The molecule has 20 heavy (non-hydrogen) atoms. The number of carboxylic acid groups (broad SMARTS) is 1. The average Bonchev–Trinajstić information content (AvgIpc) is 2.41. The summed E-state index contributed by atoms with van der Waals surface area (Å²) in [5.41, 5.74) is 1.47. The van der Waals surface area contributed by atoms with Crippen molar-refractivity contribution in [3.63, 3.8) is 0 Å². The molecular formula is C15H21BrN2O2. The van der Waals surface area contributed by atoms with E-state index < -0.39 is 5.97 Å². The number of rotatable bonds is 4. The molecule has 1 aliphatic rings.